The predicted molar refractivity (Wildman–Crippen MR) is 99.9 cm³/mol. The molecular formula is C22H19NO2. The minimum Gasteiger partial charge on any atom is -0.448 e. The summed E-state index contributed by atoms with van der Waals surface area (Å²) < 4.78 is 5.52. The Morgan fingerprint density at radius 1 is 0.880 bits per heavy atom. The van der Waals surface area contributed by atoms with E-state index in [-0.39, 0.29) is 5.92 Å². The molecule has 0 saturated carbocycles. The van der Waals surface area contributed by atoms with E-state index in [2.05, 4.69) is 29.6 Å². The van der Waals surface area contributed by atoms with Crippen molar-refractivity contribution in [3.63, 3.8) is 0 Å². The van der Waals surface area contributed by atoms with Crippen LogP contribution in [0.3, 0.4) is 0 Å². The first-order chi connectivity index (χ1) is 12.2. The van der Waals surface area contributed by atoms with Crippen LogP contribution in [0, 0.1) is 6.92 Å². The first-order valence-corrected chi connectivity index (χ1v) is 8.41. The molecular weight excluding hydrogens is 310 g/mol. The van der Waals surface area contributed by atoms with Crippen LogP contribution in [0.1, 0.15) is 22.6 Å². The summed E-state index contributed by atoms with van der Waals surface area (Å²) >= 11 is 0. The molecule has 1 aliphatic carbocycles. The fourth-order valence-electron chi connectivity index (χ4n) is 3.39. The highest BCUT2D eigenvalue weighted by atomic mass is 16.5. The summed E-state index contributed by atoms with van der Waals surface area (Å²) in [5.41, 5.74) is 6.77. The summed E-state index contributed by atoms with van der Waals surface area (Å²) in [6.07, 6.45) is -0.425. The van der Waals surface area contributed by atoms with Gasteiger partial charge in [-0.25, -0.2) is 4.79 Å². The molecule has 0 unspecified atom stereocenters. The molecule has 3 nitrogen and oxygen atoms in total. The number of carbonyl (C=O) groups is 1. The monoisotopic (exact) mass is 329 g/mol. The molecule has 124 valence electrons. The summed E-state index contributed by atoms with van der Waals surface area (Å²) in [6.45, 7) is 2.34. The van der Waals surface area contributed by atoms with Gasteiger partial charge in [-0.1, -0.05) is 66.2 Å². The topological polar surface area (TPSA) is 38.3 Å². The summed E-state index contributed by atoms with van der Waals surface area (Å²) in [7, 11) is 0. The number of carbonyl (C=O) groups excluding carboxylic acids is 1. The van der Waals surface area contributed by atoms with Crippen molar-refractivity contribution in [3.8, 4) is 11.1 Å². The third-order valence-corrected chi connectivity index (χ3v) is 4.64. The van der Waals surface area contributed by atoms with Gasteiger partial charge >= 0.3 is 6.09 Å². The highest BCUT2D eigenvalue weighted by Crippen LogP contribution is 2.44. The number of aryl methyl sites for hydroxylation is 1. The molecule has 1 N–H and O–H groups in total. The molecule has 0 fully saturated rings. The van der Waals surface area contributed by atoms with Gasteiger partial charge in [0.25, 0.3) is 0 Å². The van der Waals surface area contributed by atoms with E-state index >= 15 is 0 Å². The van der Waals surface area contributed by atoms with Crippen LogP contribution < -0.4 is 5.32 Å². The Balaban J connectivity index is 1.49. The van der Waals surface area contributed by atoms with Crippen molar-refractivity contribution in [2.75, 3.05) is 11.9 Å². The molecule has 1 aliphatic rings. The average molecular weight is 329 g/mol. The Morgan fingerprint density at radius 3 is 2.04 bits per heavy atom. The van der Waals surface area contributed by atoms with Gasteiger partial charge < -0.3 is 4.74 Å². The van der Waals surface area contributed by atoms with Crippen molar-refractivity contribution in [2.45, 2.75) is 12.8 Å². The maximum atomic E-state index is 12.1. The molecule has 3 aromatic carbocycles. The van der Waals surface area contributed by atoms with E-state index < -0.39 is 6.09 Å². The summed E-state index contributed by atoms with van der Waals surface area (Å²) in [4.78, 5) is 12.1. The van der Waals surface area contributed by atoms with Crippen molar-refractivity contribution < 1.29 is 9.53 Å². The molecule has 0 radical (unpaired) electrons. The summed E-state index contributed by atoms with van der Waals surface area (Å²) in [5, 5.41) is 2.78. The zero-order valence-corrected chi connectivity index (χ0v) is 14.0. The van der Waals surface area contributed by atoms with E-state index in [1.807, 2.05) is 55.5 Å². The summed E-state index contributed by atoms with van der Waals surface area (Å²) in [5.74, 6) is 0.0798. The van der Waals surface area contributed by atoms with Crippen molar-refractivity contribution in [2.24, 2.45) is 0 Å². The van der Waals surface area contributed by atoms with Gasteiger partial charge in [0.15, 0.2) is 0 Å². The zero-order chi connectivity index (χ0) is 17.2. The minimum atomic E-state index is -0.425. The van der Waals surface area contributed by atoms with Gasteiger partial charge in [0.1, 0.15) is 6.61 Å². The second kappa shape index (κ2) is 6.44. The second-order valence-corrected chi connectivity index (χ2v) is 6.32. The quantitative estimate of drug-likeness (QED) is 0.703. The van der Waals surface area contributed by atoms with E-state index in [1.54, 1.807) is 0 Å². The number of ether oxygens (including phenoxy) is 1. The predicted octanol–water partition coefficient (Wildman–Crippen LogP) is 5.36. The number of amides is 1. The largest absolute Gasteiger partial charge is 0.448 e. The van der Waals surface area contributed by atoms with Gasteiger partial charge in [-0.3, -0.25) is 5.32 Å². The van der Waals surface area contributed by atoms with E-state index in [9.17, 15) is 4.79 Å². The standard InChI is InChI=1S/C22H19NO2/c1-15-10-12-16(13-11-15)23-22(24)25-14-21-19-8-4-2-6-17(19)18-7-3-5-9-20(18)21/h2-13,21H,14H2,1H3,(H,23,24). The van der Waals surface area contributed by atoms with Crippen LogP contribution in [0.15, 0.2) is 72.8 Å². The molecule has 0 aliphatic heterocycles. The average Bonchev–Trinajstić information content (AvgIpc) is 2.96. The van der Waals surface area contributed by atoms with Gasteiger partial charge in [-0.15, -0.1) is 0 Å². The number of fused-ring (bicyclic) bond motifs is 3. The van der Waals surface area contributed by atoms with Crippen LogP contribution in [0.25, 0.3) is 11.1 Å². The second-order valence-electron chi connectivity index (χ2n) is 6.32. The maximum absolute atomic E-state index is 12.1. The number of anilines is 1. The van der Waals surface area contributed by atoms with Crippen LogP contribution in [-0.4, -0.2) is 12.7 Å². The lowest BCUT2D eigenvalue weighted by molar-refractivity contribution is 0.158. The Hall–Kier alpha value is -3.07. The van der Waals surface area contributed by atoms with Crippen LogP contribution in [0.4, 0.5) is 10.5 Å². The van der Waals surface area contributed by atoms with Crippen LogP contribution in [0.2, 0.25) is 0 Å². The van der Waals surface area contributed by atoms with Crippen LogP contribution >= 0.6 is 0 Å². The van der Waals surface area contributed by atoms with Crippen molar-refractivity contribution in [1.29, 1.82) is 0 Å². The van der Waals surface area contributed by atoms with Gasteiger partial charge in [0.05, 0.1) is 0 Å². The van der Waals surface area contributed by atoms with Crippen molar-refractivity contribution in [3.05, 3.63) is 89.5 Å². The molecule has 3 aromatic rings. The molecule has 25 heavy (non-hydrogen) atoms. The Kier molecular flexibility index (Phi) is 3.98. The Morgan fingerprint density at radius 2 is 1.44 bits per heavy atom. The molecule has 3 heteroatoms. The number of nitrogens with one attached hydrogen (secondary N) is 1. The van der Waals surface area contributed by atoms with Crippen LogP contribution in [0.5, 0.6) is 0 Å². The SMILES string of the molecule is Cc1ccc(NC(=O)OCC2c3ccccc3-c3ccccc32)cc1. The lowest BCUT2D eigenvalue weighted by Crippen LogP contribution is -2.17. The van der Waals surface area contributed by atoms with E-state index in [1.165, 1.54) is 22.3 Å². The van der Waals surface area contributed by atoms with Gasteiger partial charge in [-0.2, -0.15) is 0 Å². The molecule has 0 bridgehead atoms. The Labute approximate surface area is 147 Å². The lowest BCUT2D eigenvalue weighted by atomic mass is 9.98. The van der Waals surface area contributed by atoms with Crippen LogP contribution in [-0.2, 0) is 4.74 Å². The number of benzene rings is 3. The Bertz CT molecular complexity index is 870. The fourth-order valence-corrected chi connectivity index (χ4v) is 3.39. The number of hydrogen-bond acceptors (Lipinski definition) is 2. The number of hydrogen-bond donors (Lipinski definition) is 1. The fraction of sp³-hybridized carbons (Fsp3) is 0.136. The smallest absolute Gasteiger partial charge is 0.411 e. The normalized spacial score (nSPS) is 12.4. The van der Waals surface area contributed by atoms with E-state index in [0.717, 1.165) is 11.3 Å². The zero-order valence-electron chi connectivity index (χ0n) is 14.0. The van der Waals surface area contributed by atoms with E-state index in [4.69, 9.17) is 4.74 Å². The molecule has 0 spiro atoms. The lowest BCUT2D eigenvalue weighted by Gasteiger charge is -2.14. The highest BCUT2D eigenvalue weighted by Gasteiger charge is 2.28. The van der Waals surface area contributed by atoms with Crippen molar-refractivity contribution >= 4 is 11.8 Å². The maximum Gasteiger partial charge on any atom is 0.411 e. The highest BCUT2D eigenvalue weighted by molar-refractivity contribution is 5.85. The summed E-state index contributed by atoms with van der Waals surface area (Å²) in [6, 6.07) is 24.3. The first-order valence-electron chi connectivity index (χ1n) is 8.41. The van der Waals surface area contributed by atoms with Crippen molar-refractivity contribution in [1.82, 2.24) is 0 Å². The molecule has 4 rings (SSSR count). The van der Waals surface area contributed by atoms with Gasteiger partial charge in [0.2, 0.25) is 0 Å². The van der Waals surface area contributed by atoms with Gasteiger partial charge in [0, 0.05) is 11.6 Å². The molecule has 1 amide bonds. The third-order valence-electron chi connectivity index (χ3n) is 4.64. The van der Waals surface area contributed by atoms with E-state index in [0.29, 0.717) is 6.61 Å². The van der Waals surface area contributed by atoms with Gasteiger partial charge in [-0.05, 0) is 41.3 Å². The third kappa shape index (κ3) is 3.01. The minimum absolute atomic E-state index is 0.0798. The molecule has 0 saturated heterocycles. The number of rotatable bonds is 3. The first kappa shape index (κ1) is 15.5. The molecule has 0 heterocycles. The molecule has 0 aromatic heterocycles. The molecule has 0 atom stereocenters.